The van der Waals surface area contributed by atoms with Crippen molar-refractivity contribution in [3.05, 3.63) is 35.4 Å². The molecule has 0 aliphatic heterocycles. The normalized spacial score (nSPS) is 12.8. The Hall–Kier alpha value is -1.15. The highest BCUT2D eigenvalue weighted by Gasteiger charge is 2.15. The zero-order valence-corrected chi connectivity index (χ0v) is 10.7. The van der Waals surface area contributed by atoms with Gasteiger partial charge >= 0.3 is 0 Å². The van der Waals surface area contributed by atoms with E-state index in [0.717, 1.165) is 6.42 Å². The molecule has 0 aliphatic rings. The van der Waals surface area contributed by atoms with Crippen LogP contribution in [0.5, 0.6) is 0 Å². The van der Waals surface area contributed by atoms with Gasteiger partial charge in [0, 0.05) is 12.5 Å². The number of nitrogens with zero attached hydrogens (tertiary/aromatic N) is 1. The molecule has 0 amide bonds. The zero-order valence-electron chi connectivity index (χ0n) is 10.7. The summed E-state index contributed by atoms with van der Waals surface area (Å²) in [5, 5.41) is 0. The SMILES string of the molecule is CCc1ccc(C(CC(C)=O)N(C)C)cc1. The summed E-state index contributed by atoms with van der Waals surface area (Å²) in [6.45, 7) is 3.80. The summed E-state index contributed by atoms with van der Waals surface area (Å²) in [7, 11) is 4.03. The Morgan fingerprint density at radius 3 is 2.19 bits per heavy atom. The van der Waals surface area contributed by atoms with Crippen molar-refractivity contribution < 1.29 is 4.79 Å². The summed E-state index contributed by atoms with van der Waals surface area (Å²) in [6.07, 6.45) is 1.64. The van der Waals surface area contributed by atoms with Gasteiger partial charge in [-0.2, -0.15) is 0 Å². The van der Waals surface area contributed by atoms with Crippen LogP contribution in [0.25, 0.3) is 0 Å². The van der Waals surface area contributed by atoms with E-state index in [1.54, 1.807) is 6.92 Å². The van der Waals surface area contributed by atoms with Crippen LogP contribution in [-0.4, -0.2) is 24.8 Å². The fraction of sp³-hybridized carbons (Fsp3) is 0.500. The lowest BCUT2D eigenvalue weighted by atomic mass is 9.99. The molecule has 88 valence electrons. The quantitative estimate of drug-likeness (QED) is 0.759. The Morgan fingerprint density at radius 2 is 1.81 bits per heavy atom. The molecule has 16 heavy (non-hydrogen) atoms. The Kier molecular flexibility index (Phi) is 4.69. The molecule has 0 radical (unpaired) electrons. The van der Waals surface area contributed by atoms with Crippen molar-refractivity contribution in [1.82, 2.24) is 4.90 Å². The fourth-order valence-corrected chi connectivity index (χ4v) is 1.85. The van der Waals surface area contributed by atoms with Crippen molar-refractivity contribution in [2.75, 3.05) is 14.1 Å². The first kappa shape index (κ1) is 12.9. The lowest BCUT2D eigenvalue weighted by Gasteiger charge is -2.23. The van der Waals surface area contributed by atoms with Crippen molar-refractivity contribution in [2.24, 2.45) is 0 Å². The Balaban J connectivity index is 2.88. The van der Waals surface area contributed by atoms with Gasteiger partial charge in [0.2, 0.25) is 0 Å². The molecule has 0 N–H and O–H groups in total. The molecule has 0 aliphatic carbocycles. The third-order valence-electron chi connectivity index (χ3n) is 2.88. The molecule has 1 rings (SSSR count). The summed E-state index contributed by atoms with van der Waals surface area (Å²) < 4.78 is 0. The number of carbonyl (C=O) groups excluding carboxylic acids is 1. The number of hydrogen-bond acceptors (Lipinski definition) is 2. The number of aryl methyl sites for hydroxylation is 1. The van der Waals surface area contributed by atoms with Gasteiger partial charge in [-0.3, -0.25) is 4.79 Å². The van der Waals surface area contributed by atoms with E-state index < -0.39 is 0 Å². The molecule has 1 unspecified atom stereocenters. The van der Waals surface area contributed by atoms with Gasteiger partial charge in [0.25, 0.3) is 0 Å². The minimum Gasteiger partial charge on any atom is -0.302 e. The van der Waals surface area contributed by atoms with Gasteiger partial charge in [0.15, 0.2) is 0 Å². The number of rotatable bonds is 5. The minimum atomic E-state index is 0.198. The predicted molar refractivity (Wildman–Crippen MR) is 67.5 cm³/mol. The third kappa shape index (κ3) is 3.46. The molecule has 0 spiro atoms. The molecule has 0 fully saturated rings. The van der Waals surface area contributed by atoms with E-state index in [2.05, 4.69) is 36.1 Å². The van der Waals surface area contributed by atoms with Crippen molar-refractivity contribution in [2.45, 2.75) is 32.7 Å². The largest absolute Gasteiger partial charge is 0.302 e. The van der Waals surface area contributed by atoms with Gasteiger partial charge in [-0.15, -0.1) is 0 Å². The Morgan fingerprint density at radius 1 is 1.25 bits per heavy atom. The van der Waals surface area contributed by atoms with E-state index in [4.69, 9.17) is 0 Å². The number of Topliss-reactive ketones (excluding diaryl/α,β-unsaturated/α-hetero) is 1. The zero-order chi connectivity index (χ0) is 12.1. The van der Waals surface area contributed by atoms with Crippen LogP contribution >= 0.6 is 0 Å². The first-order valence-corrected chi connectivity index (χ1v) is 5.79. The van der Waals surface area contributed by atoms with Crippen molar-refractivity contribution in [1.29, 1.82) is 0 Å². The van der Waals surface area contributed by atoms with Gasteiger partial charge in [0.05, 0.1) is 0 Å². The first-order chi connectivity index (χ1) is 7.54. The van der Waals surface area contributed by atoms with E-state index in [1.807, 2.05) is 14.1 Å². The summed E-state index contributed by atoms with van der Waals surface area (Å²) in [6, 6.07) is 8.75. The average Bonchev–Trinajstić information content (AvgIpc) is 2.25. The van der Waals surface area contributed by atoms with Gasteiger partial charge in [-0.1, -0.05) is 31.2 Å². The van der Waals surface area contributed by atoms with Crippen LogP contribution in [-0.2, 0) is 11.2 Å². The monoisotopic (exact) mass is 219 g/mol. The maximum atomic E-state index is 11.2. The van der Waals surface area contributed by atoms with E-state index >= 15 is 0 Å². The topological polar surface area (TPSA) is 20.3 Å². The van der Waals surface area contributed by atoms with Crippen molar-refractivity contribution in [3.8, 4) is 0 Å². The second kappa shape index (κ2) is 5.80. The Bertz CT molecular complexity index is 340. The van der Waals surface area contributed by atoms with Crippen LogP contribution in [0.2, 0.25) is 0 Å². The third-order valence-corrected chi connectivity index (χ3v) is 2.88. The van der Waals surface area contributed by atoms with Crippen LogP contribution in [0.4, 0.5) is 0 Å². The predicted octanol–water partition coefficient (Wildman–Crippen LogP) is 2.83. The maximum absolute atomic E-state index is 11.2. The first-order valence-electron chi connectivity index (χ1n) is 5.79. The second-order valence-corrected chi connectivity index (χ2v) is 4.48. The lowest BCUT2D eigenvalue weighted by molar-refractivity contribution is -0.118. The van der Waals surface area contributed by atoms with Crippen LogP contribution < -0.4 is 0 Å². The number of benzene rings is 1. The molecule has 1 aromatic rings. The van der Waals surface area contributed by atoms with E-state index in [0.29, 0.717) is 6.42 Å². The number of carbonyl (C=O) groups is 1. The fourth-order valence-electron chi connectivity index (χ4n) is 1.85. The van der Waals surface area contributed by atoms with Crippen LogP contribution in [0, 0.1) is 0 Å². The van der Waals surface area contributed by atoms with Crippen LogP contribution in [0.3, 0.4) is 0 Å². The Labute approximate surface area is 98.3 Å². The van der Waals surface area contributed by atoms with Crippen molar-refractivity contribution >= 4 is 5.78 Å². The van der Waals surface area contributed by atoms with Gasteiger partial charge < -0.3 is 4.90 Å². The summed E-state index contributed by atoms with van der Waals surface area (Å²) >= 11 is 0. The molecule has 0 bridgehead atoms. The smallest absolute Gasteiger partial charge is 0.131 e. The highest BCUT2D eigenvalue weighted by atomic mass is 16.1. The van der Waals surface area contributed by atoms with E-state index in [1.165, 1.54) is 11.1 Å². The molecule has 2 heteroatoms. The molecule has 1 aromatic carbocycles. The molecule has 0 aromatic heterocycles. The maximum Gasteiger partial charge on any atom is 0.131 e. The standard InChI is InChI=1S/C14H21NO/c1-5-12-6-8-13(9-7-12)14(15(3)4)10-11(2)16/h6-9,14H,5,10H2,1-4H3. The highest BCUT2D eigenvalue weighted by molar-refractivity contribution is 5.76. The van der Waals surface area contributed by atoms with E-state index in [9.17, 15) is 4.79 Å². The highest BCUT2D eigenvalue weighted by Crippen LogP contribution is 2.22. The molecule has 0 saturated carbocycles. The molecule has 2 nitrogen and oxygen atoms in total. The van der Waals surface area contributed by atoms with Gasteiger partial charge in [-0.05, 0) is 38.6 Å². The lowest BCUT2D eigenvalue weighted by Crippen LogP contribution is -2.22. The minimum absolute atomic E-state index is 0.198. The van der Waals surface area contributed by atoms with Crippen LogP contribution in [0.15, 0.2) is 24.3 Å². The summed E-state index contributed by atoms with van der Waals surface area (Å²) in [5.41, 5.74) is 2.56. The number of ketones is 1. The molecule has 0 heterocycles. The molecule has 1 atom stereocenters. The van der Waals surface area contributed by atoms with Gasteiger partial charge in [0.1, 0.15) is 5.78 Å². The van der Waals surface area contributed by atoms with E-state index in [-0.39, 0.29) is 11.8 Å². The average molecular weight is 219 g/mol. The second-order valence-electron chi connectivity index (χ2n) is 4.48. The summed E-state index contributed by atoms with van der Waals surface area (Å²) in [5.74, 6) is 0.235. The van der Waals surface area contributed by atoms with Crippen LogP contribution in [0.1, 0.15) is 37.4 Å². The molecular weight excluding hydrogens is 198 g/mol. The van der Waals surface area contributed by atoms with Gasteiger partial charge in [-0.25, -0.2) is 0 Å². The molecule has 0 saturated heterocycles. The molecular formula is C14H21NO. The van der Waals surface area contributed by atoms with Crippen molar-refractivity contribution in [3.63, 3.8) is 0 Å². The number of hydrogen-bond donors (Lipinski definition) is 0. The summed E-state index contributed by atoms with van der Waals surface area (Å²) in [4.78, 5) is 13.3.